The van der Waals surface area contributed by atoms with Gasteiger partial charge in [-0.1, -0.05) is 36.4 Å². The molecule has 1 aromatic rings. The van der Waals surface area contributed by atoms with E-state index in [-0.39, 0.29) is 0 Å². The minimum absolute atomic E-state index is 1.31. The molecule has 0 nitrogen and oxygen atoms in total. The Morgan fingerprint density at radius 3 is 1.29 bits per heavy atom. The molecule has 14 heavy (non-hydrogen) atoms. The lowest BCUT2D eigenvalue weighted by molar-refractivity contribution is 1.49. The van der Waals surface area contributed by atoms with E-state index in [4.69, 9.17) is 0 Å². The Kier molecular flexibility index (Phi) is 3.70. The van der Waals surface area contributed by atoms with Crippen LogP contribution in [0.1, 0.15) is 38.8 Å². The minimum Gasteiger partial charge on any atom is -0.0841 e. The van der Waals surface area contributed by atoms with Crippen molar-refractivity contribution in [3.63, 3.8) is 0 Å². The second-order valence-electron chi connectivity index (χ2n) is 3.52. The van der Waals surface area contributed by atoms with Gasteiger partial charge in [0.2, 0.25) is 0 Å². The van der Waals surface area contributed by atoms with E-state index in [2.05, 4.69) is 64.1 Å². The van der Waals surface area contributed by atoms with Crippen molar-refractivity contribution in [2.45, 2.75) is 27.7 Å². The Hall–Kier alpha value is -1.30. The van der Waals surface area contributed by atoms with Gasteiger partial charge in [-0.2, -0.15) is 0 Å². The van der Waals surface area contributed by atoms with E-state index in [9.17, 15) is 0 Å². The molecule has 1 rings (SSSR count). The second-order valence-corrected chi connectivity index (χ2v) is 3.52. The van der Waals surface area contributed by atoms with Gasteiger partial charge in [-0.3, -0.25) is 0 Å². The van der Waals surface area contributed by atoms with Gasteiger partial charge in [0.1, 0.15) is 0 Å². The van der Waals surface area contributed by atoms with Crippen LogP contribution in [-0.2, 0) is 0 Å². The fraction of sp³-hybridized carbons (Fsp3) is 0.286. The van der Waals surface area contributed by atoms with Crippen molar-refractivity contribution >= 4 is 11.1 Å². The smallest absolute Gasteiger partial charge is 0.0230 e. The highest BCUT2D eigenvalue weighted by Crippen LogP contribution is 2.18. The lowest BCUT2D eigenvalue weighted by atomic mass is 10.0. The third-order valence-electron chi connectivity index (χ3n) is 2.66. The van der Waals surface area contributed by atoms with Gasteiger partial charge in [-0.25, -0.2) is 0 Å². The number of benzene rings is 1. The van der Waals surface area contributed by atoms with Crippen LogP contribution in [0.3, 0.4) is 0 Å². The summed E-state index contributed by atoms with van der Waals surface area (Å²) in [6.45, 7) is 8.41. The average Bonchev–Trinajstić information content (AvgIpc) is 2.27. The van der Waals surface area contributed by atoms with Gasteiger partial charge in [-0.15, -0.1) is 0 Å². The fourth-order valence-electron chi connectivity index (χ4n) is 1.33. The molecule has 0 bridgehead atoms. The van der Waals surface area contributed by atoms with Crippen molar-refractivity contribution in [1.82, 2.24) is 0 Å². The van der Waals surface area contributed by atoms with Crippen LogP contribution < -0.4 is 0 Å². The van der Waals surface area contributed by atoms with Crippen LogP contribution in [0, 0.1) is 0 Å². The van der Waals surface area contributed by atoms with Crippen LogP contribution in [-0.4, -0.2) is 0 Å². The molecule has 0 spiro atoms. The molecule has 1 aromatic carbocycles. The molecule has 0 N–H and O–H groups in total. The summed E-state index contributed by atoms with van der Waals surface area (Å²) < 4.78 is 0. The Morgan fingerprint density at radius 1 is 0.786 bits per heavy atom. The quantitative estimate of drug-likeness (QED) is 0.636. The molecule has 0 radical (unpaired) electrons. The normalized spacial score (nSPS) is 13.1. The third kappa shape index (κ3) is 2.35. The van der Waals surface area contributed by atoms with Crippen LogP contribution in [0.5, 0.6) is 0 Å². The molecule has 0 saturated carbocycles. The number of allylic oxidation sites excluding steroid dienone is 4. The van der Waals surface area contributed by atoms with E-state index in [1.54, 1.807) is 0 Å². The van der Waals surface area contributed by atoms with Gasteiger partial charge in [0.15, 0.2) is 0 Å². The van der Waals surface area contributed by atoms with Crippen LogP contribution in [0.15, 0.2) is 36.4 Å². The van der Waals surface area contributed by atoms with Crippen LogP contribution in [0.25, 0.3) is 11.1 Å². The van der Waals surface area contributed by atoms with Gasteiger partial charge in [-0.05, 0) is 50.0 Å². The first-order chi connectivity index (χ1) is 6.69. The zero-order chi connectivity index (χ0) is 10.6. The maximum atomic E-state index is 2.18. The summed E-state index contributed by atoms with van der Waals surface area (Å²) in [5.41, 5.74) is 5.27. The molecule has 0 aliphatic heterocycles. The van der Waals surface area contributed by atoms with Crippen molar-refractivity contribution in [2.24, 2.45) is 0 Å². The van der Waals surface area contributed by atoms with E-state index >= 15 is 0 Å². The maximum Gasteiger partial charge on any atom is -0.0230 e. The molecule has 0 aliphatic rings. The zero-order valence-electron chi connectivity index (χ0n) is 9.46. The maximum absolute atomic E-state index is 2.18. The molecule has 0 atom stereocenters. The molecule has 74 valence electrons. The highest BCUT2D eigenvalue weighted by molar-refractivity contribution is 5.68. The van der Waals surface area contributed by atoms with E-state index in [0.717, 1.165) is 0 Å². The lowest BCUT2D eigenvalue weighted by Crippen LogP contribution is -1.82. The topological polar surface area (TPSA) is 0 Å². The van der Waals surface area contributed by atoms with Gasteiger partial charge in [0.25, 0.3) is 0 Å². The summed E-state index contributed by atoms with van der Waals surface area (Å²) >= 11 is 0. The molecule has 0 amide bonds. The molecule has 0 fully saturated rings. The van der Waals surface area contributed by atoms with Gasteiger partial charge in [0, 0.05) is 0 Å². The van der Waals surface area contributed by atoms with Crippen LogP contribution in [0.4, 0.5) is 0 Å². The van der Waals surface area contributed by atoms with Crippen molar-refractivity contribution in [3.8, 4) is 0 Å². The Balaban J connectivity index is 3.01. The molecule has 0 saturated heterocycles. The first-order valence-electron chi connectivity index (χ1n) is 5.05. The predicted octanol–water partition coefficient (Wildman–Crippen LogP) is 4.53. The summed E-state index contributed by atoms with van der Waals surface area (Å²) in [6, 6.07) is 8.71. The number of rotatable bonds is 2. The summed E-state index contributed by atoms with van der Waals surface area (Å²) in [6.07, 6.45) is 4.27. The lowest BCUT2D eigenvalue weighted by Gasteiger charge is -2.04. The van der Waals surface area contributed by atoms with E-state index in [1.165, 1.54) is 22.3 Å². The standard InChI is InChI=1S/C14H18/c1-5-11(3)13-7-9-14(10-8-13)12(4)6-2/h5-10H,1-4H3. The van der Waals surface area contributed by atoms with E-state index in [0.29, 0.717) is 0 Å². The van der Waals surface area contributed by atoms with Crippen molar-refractivity contribution < 1.29 is 0 Å². The van der Waals surface area contributed by atoms with E-state index in [1.807, 2.05) is 0 Å². The molecular formula is C14H18. The summed E-state index contributed by atoms with van der Waals surface area (Å²) in [5, 5.41) is 0. The SMILES string of the molecule is CC=C(C)c1ccc(C(C)=CC)cc1. The first kappa shape index (κ1) is 10.8. The molecule has 0 aliphatic carbocycles. The van der Waals surface area contributed by atoms with Gasteiger partial charge < -0.3 is 0 Å². The Bertz CT molecular complexity index is 313. The number of hydrogen-bond donors (Lipinski definition) is 0. The average molecular weight is 186 g/mol. The highest BCUT2D eigenvalue weighted by atomic mass is 14.0. The van der Waals surface area contributed by atoms with E-state index < -0.39 is 0 Å². The van der Waals surface area contributed by atoms with Crippen LogP contribution >= 0.6 is 0 Å². The summed E-state index contributed by atoms with van der Waals surface area (Å²) in [4.78, 5) is 0. The van der Waals surface area contributed by atoms with Crippen LogP contribution in [0.2, 0.25) is 0 Å². The number of hydrogen-bond acceptors (Lipinski definition) is 0. The summed E-state index contributed by atoms with van der Waals surface area (Å²) in [5.74, 6) is 0. The first-order valence-corrected chi connectivity index (χ1v) is 5.05. The molecule has 0 heterocycles. The molecule has 0 unspecified atom stereocenters. The Morgan fingerprint density at radius 2 is 1.07 bits per heavy atom. The van der Waals surface area contributed by atoms with Gasteiger partial charge >= 0.3 is 0 Å². The Labute approximate surface area is 87.0 Å². The third-order valence-corrected chi connectivity index (χ3v) is 2.66. The molecular weight excluding hydrogens is 168 g/mol. The van der Waals surface area contributed by atoms with Crippen molar-refractivity contribution in [2.75, 3.05) is 0 Å². The summed E-state index contributed by atoms with van der Waals surface area (Å²) in [7, 11) is 0. The van der Waals surface area contributed by atoms with Gasteiger partial charge in [0.05, 0.1) is 0 Å². The predicted molar refractivity (Wildman–Crippen MR) is 65.1 cm³/mol. The van der Waals surface area contributed by atoms with Crippen molar-refractivity contribution in [3.05, 3.63) is 47.5 Å². The molecule has 0 heteroatoms. The minimum atomic E-state index is 1.31. The molecule has 0 aromatic heterocycles. The second kappa shape index (κ2) is 4.80. The largest absolute Gasteiger partial charge is 0.0841 e. The fourth-order valence-corrected chi connectivity index (χ4v) is 1.33. The zero-order valence-corrected chi connectivity index (χ0v) is 9.46. The highest BCUT2D eigenvalue weighted by Gasteiger charge is 1.96. The monoisotopic (exact) mass is 186 g/mol. The van der Waals surface area contributed by atoms with Crippen molar-refractivity contribution in [1.29, 1.82) is 0 Å².